The summed E-state index contributed by atoms with van der Waals surface area (Å²) >= 11 is 0. The Hall–Kier alpha value is -2.01. The Morgan fingerprint density at radius 3 is 2.76 bits per heavy atom. The minimum absolute atomic E-state index is 0.519. The number of nitrogens with two attached hydrogens (primary N) is 1. The van der Waals surface area contributed by atoms with Crippen molar-refractivity contribution in [2.75, 3.05) is 18.8 Å². The van der Waals surface area contributed by atoms with Crippen LogP contribution >= 0.6 is 0 Å². The first-order valence-electron chi connectivity index (χ1n) is 7.55. The lowest BCUT2D eigenvalue weighted by atomic mass is 9.95. The molecular weight excluding hydrogens is 262 g/mol. The Bertz CT molecular complexity index is 556. The van der Waals surface area contributed by atoms with E-state index in [0.717, 1.165) is 42.4 Å². The first-order valence-corrected chi connectivity index (χ1v) is 7.55. The molecule has 0 saturated carbocycles. The normalized spacial score (nSPS) is 19.1. The van der Waals surface area contributed by atoms with E-state index >= 15 is 0 Å². The molecule has 3 N–H and O–H groups in total. The molecule has 0 aromatic carbocycles. The Labute approximate surface area is 125 Å². The number of hydrogen-bond donors (Lipinski definition) is 2. The maximum absolute atomic E-state index is 5.59. The molecule has 2 aromatic rings. The molecule has 21 heavy (non-hydrogen) atoms. The van der Waals surface area contributed by atoms with Crippen molar-refractivity contribution in [2.24, 2.45) is 5.92 Å². The van der Waals surface area contributed by atoms with E-state index in [2.05, 4.69) is 20.3 Å². The summed E-state index contributed by atoms with van der Waals surface area (Å²) in [5, 5.41) is 3.44. The molecule has 3 rings (SSSR count). The van der Waals surface area contributed by atoms with E-state index in [0.29, 0.717) is 5.82 Å². The molecule has 1 fully saturated rings. The highest BCUT2D eigenvalue weighted by atomic mass is 14.9. The average Bonchev–Trinajstić information content (AvgIpc) is 2.78. The van der Waals surface area contributed by atoms with Crippen LogP contribution in [-0.2, 0) is 6.42 Å². The lowest BCUT2D eigenvalue weighted by molar-refractivity contribution is 0.464. The van der Waals surface area contributed by atoms with Gasteiger partial charge in [-0.2, -0.15) is 0 Å². The summed E-state index contributed by atoms with van der Waals surface area (Å²) in [6, 6.07) is 3.70. The fourth-order valence-electron chi connectivity index (χ4n) is 2.76. The van der Waals surface area contributed by atoms with Gasteiger partial charge in [0, 0.05) is 18.0 Å². The topological polar surface area (TPSA) is 76.7 Å². The number of nitrogen functional groups attached to an aromatic ring is 1. The fraction of sp³-hybridized carbons (Fsp3) is 0.438. The predicted octanol–water partition coefficient (Wildman–Crippen LogP) is 2.05. The molecule has 0 radical (unpaired) electrons. The van der Waals surface area contributed by atoms with Gasteiger partial charge >= 0.3 is 0 Å². The molecule has 1 saturated heterocycles. The van der Waals surface area contributed by atoms with Gasteiger partial charge in [-0.25, -0.2) is 4.98 Å². The van der Waals surface area contributed by atoms with Gasteiger partial charge in [-0.1, -0.05) is 0 Å². The molecule has 1 atom stereocenters. The standard InChI is InChI=1S/C16H21N5/c17-16-4-3-13(9-21-16)15-11-19-14(10-20-15)8-12-2-1-6-18-7-5-12/h3-4,9-12,18H,1-2,5-8H2,(H2,17,21)/t12-/m0/s1. The van der Waals surface area contributed by atoms with Gasteiger partial charge < -0.3 is 11.1 Å². The molecular formula is C16H21N5. The SMILES string of the molecule is Nc1ccc(-c2cnc(C[C@H]3CCCNCC3)cn2)cn1. The summed E-state index contributed by atoms with van der Waals surface area (Å²) in [5.41, 5.74) is 8.46. The molecule has 2 aromatic heterocycles. The quantitative estimate of drug-likeness (QED) is 0.901. The number of anilines is 1. The number of hydrogen-bond acceptors (Lipinski definition) is 5. The Kier molecular flexibility index (Phi) is 4.40. The number of nitrogens with zero attached hydrogens (tertiary/aromatic N) is 3. The van der Waals surface area contributed by atoms with Crippen LogP contribution in [0.15, 0.2) is 30.7 Å². The summed E-state index contributed by atoms with van der Waals surface area (Å²) in [6.45, 7) is 2.26. The largest absolute Gasteiger partial charge is 0.384 e. The zero-order valence-corrected chi connectivity index (χ0v) is 12.1. The van der Waals surface area contributed by atoms with Crippen molar-refractivity contribution >= 4 is 5.82 Å². The monoisotopic (exact) mass is 283 g/mol. The summed E-state index contributed by atoms with van der Waals surface area (Å²) < 4.78 is 0. The van der Waals surface area contributed by atoms with Crippen molar-refractivity contribution in [3.05, 3.63) is 36.4 Å². The Morgan fingerprint density at radius 1 is 1.05 bits per heavy atom. The van der Waals surface area contributed by atoms with Gasteiger partial charge in [0.2, 0.25) is 0 Å². The highest BCUT2D eigenvalue weighted by molar-refractivity contribution is 5.58. The first kappa shape index (κ1) is 13.9. The van der Waals surface area contributed by atoms with Crippen LogP contribution in [0, 0.1) is 5.92 Å². The zero-order valence-electron chi connectivity index (χ0n) is 12.1. The molecule has 110 valence electrons. The zero-order chi connectivity index (χ0) is 14.5. The molecule has 0 bridgehead atoms. The van der Waals surface area contributed by atoms with Crippen LogP contribution in [0.5, 0.6) is 0 Å². The van der Waals surface area contributed by atoms with Gasteiger partial charge in [0.25, 0.3) is 0 Å². The summed E-state index contributed by atoms with van der Waals surface area (Å²) in [6.07, 6.45) is 10.2. The van der Waals surface area contributed by atoms with E-state index < -0.39 is 0 Å². The molecule has 1 aliphatic rings. The van der Waals surface area contributed by atoms with Crippen LogP contribution in [0.4, 0.5) is 5.82 Å². The highest BCUT2D eigenvalue weighted by Gasteiger charge is 2.13. The Morgan fingerprint density at radius 2 is 2.00 bits per heavy atom. The summed E-state index contributed by atoms with van der Waals surface area (Å²) in [4.78, 5) is 13.2. The number of nitrogens with one attached hydrogen (secondary N) is 1. The predicted molar refractivity (Wildman–Crippen MR) is 83.6 cm³/mol. The summed E-state index contributed by atoms with van der Waals surface area (Å²) in [7, 11) is 0. The van der Waals surface area contributed by atoms with E-state index in [1.165, 1.54) is 19.3 Å². The van der Waals surface area contributed by atoms with E-state index in [1.807, 2.05) is 18.5 Å². The minimum atomic E-state index is 0.519. The maximum atomic E-state index is 5.59. The van der Waals surface area contributed by atoms with Crippen LogP contribution in [-0.4, -0.2) is 28.0 Å². The van der Waals surface area contributed by atoms with E-state index in [9.17, 15) is 0 Å². The molecule has 0 amide bonds. The second-order valence-electron chi connectivity index (χ2n) is 5.62. The van der Waals surface area contributed by atoms with Gasteiger partial charge in [0.15, 0.2) is 0 Å². The molecule has 3 heterocycles. The van der Waals surface area contributed by atoms with E-state index in [-0.39, 0.29) is 0 Å². The third-order valence-corrected chi connectivity index (χ3v) is 3.98. The lowest BCUT2D eigenvalue weighted by Crippen LogP contribution is -2.14. The van der Waals surface area contributed by atoms with E-state index in [4.69, 9.17) is 5.73 Å². The smallest absolute Gasteiger partial charge is 0.123 e. The van der Waals surface area contributed by atoms with E-state index in [1.54, 1.807) is 12.3 Å². The average molecular weight is 283 g/mol. The van der Waals surface area contributed by atoms with Gasteiger partial charge in [-0.05, 0) is 56.8 Å². The first-order chi connectivity index (χ1) is 10.3. The van der Waals surface area contributed by atoms with Crippen LogP contribution in [0.3, 0.4) is 0 Å². The molecule has 0 unspecified atom stereocenters. The van der Waals surface area contributed by atoms with Crippen molar-refractivity contribution in [1.29, 1.82) is 0 Å². The summed E-state index contributed by atoms with van der Waals surface area (Å²) in [5.74, 6) is 1.24. The van der Waals surface area contributed by atoms with Gasteiger partial charge in [0.05, 0.1) is 17.6 Å². The van der Waals surface area contributed by atoms with Crippen LogP contribution in [0.2, 0.25) is 0 Å². The highest BCUT2D eigenvalue weighted by Crippen LogP contribution is 2.20. The maximum Gasteiger partial charge on any atom is 0.123 e. The van der Waals surface area contributed by atoms with Crippen molar-refractivity contribution in [1.82, 2.24) is 20.3 Å². The van der Waals surface area contributed by atoms with Crippen molar-refractivity contribution in [3.63, 3.8) is 0 Å². The van der Waals surface area contributed by atoms with Crippen molar-refractivity contribution in [2.45, 2.75) is 25.7 Å². The number of rotatable bonds is 3. The molecule has 5 nitrogen and oxygen atoms in total. The van der Waals surface area contributed by atoms with Gasteiger partial charge in [0.1, 0.15) is 5.82 Å². The van der Waals surface area contributed by atoms with Crippen LogP contribution in [0.1, 0.15) is 25.0 Å². The molecule has 0 aliphatic carbocycles. The van der Waals surface area contributed by atoms with Crippen molar-refractivity contribution in [3.8, 4) is 11.3 Å². The molecule has 1 aliphatic heterocycles. The van der Waals surface area contributed by atoms with Crippen LogP contribution < -0.4 is 11.1 Å². The van der Waals surface area contributed by atoms with Crippen molar-refractivity contribution < 1.29 is 0 Å². The number of aromatic nitrogens is 3. The third-order valence-electron chi connectivity index (χ3n) is 3.98. The second-order valence-corrected chi connectivity index (χ2v) is 5.62. The number of pyridine rings is 1. The lowest BCUT2D eigenvalue weighted by Gasteiger charge is -2.12. The van der Waals surface area contributed by atoms with Gasteiger partial charge in [-0.15, -0.1) is 0 Å². The Balaban J connectivity index is 1.67. The minimum Gasteiger partial charge on any atom is -0.384 e. The second kappa shape index (κ2) is 6.63. The fourth-order valence-corrected chi connectivity index (χ4v) is 2.76. The molecule has 0 spiro atoms. The van der Waals surface area contributed by atoms with Crippen LogP contribution in [0.25, 0.3) is 11.3 Å². The van der Waals surface area contributed by atoms with Gasteiger partial charge in [-0.3, -0.25) is 9.97 Å². The molecule has 5 heteroatoms. The third kappa shape index (κ3) is 3.76.